The zero-order chi connectivity index (χ0) is 40.2. The van der Waals surface area contributed by atoms with E-state index in [0.29, 0.717) is 26.2 Å². The molecule has 0 atom stereocenters. The molecule has 6 heterocycles. The first-order valence-electron chi connectivity index (χ1n) is 18.0. The summed E-state index contributed by atoms with van der Waals surface area (Å²) in [5.74, 6) is -0.315. The van der Waals surface area contributed by atoms with Crippen LogP contribution in [0.1, 0.15) is 39.5 Å². The normalized spacial score (nSPS) is 20.1. The zero-order valence-corrected chi connectivity index (χ0v) is 31.5. The van der Waals surface area contributed by atoms with Gasteiger partial charge in [0, 0.05) is 102 Å². The SMILES string of the molecule is Cn1c(-c2cn(-c3ncccn3)nc2C(F)(F)F)cnc1C(=O)Nc1ccc(C(=O)N2CCN(C(=O)C3CC[N+](C)(CC4CNC4)CC3)CC2)c(Cl)c1.O=C[O-]. The molecule has 3 aromatic heterocycles. The van der Waals surface area contributed by atoms with Crippen LogP contribution in [0.4, 0.5) is 18.9 Å². The van der Waals surface area contributed by atoms with E-state index in [2.05, 4.69) is 37.7 Å². The van der Waals surface area contributed by atoms with Crippen molar-refractivity contribution in [3.63, 3.8) is 0 Å². The molecule has 0 spiro atoms. The van der Waals surface area contributed by atoms with Gasteiger partial charge in [-0.2, -0.15) is 18.3 Å². The number of hydrogen-bond donors (Lipinski definition) is 2. The van der Waals surface area contributed by atoms with Gasteiger partial charge in [0.05, 0.1) is 54.7 Å². The van der Waals surface area contributed by atoms with E-state index in [-0.39, 0.29) is 57.0 Å². The van der Waals surface area contributed by atoms with Gasteiger partial charge in [-0.15, -0.1) is 0 Å². The minimum Gasteiger partial charge on any atom is -0.554 e. The molecule has 20 heteroatoms. The van der Waals surface area contributed by atoms with Crippen molar-refractivity contribution < 1.29 is 41.9 Å². The Bertz CT molecular complexity index is 2060. The standard InChI is InChI=1S/C35H39ClF3N11O3.CH2O2/c1-46-28(26-20-49(34-41-8-3-9-42-34)45-29(26)35(37,38)39)19-43-30(46)31(51)44-24-4-5-25(27(36)16-24)33(53)48-12-10-47(11-13-48)32(52)23-6-14-50(2,15-7-23)21-22-17-40-18-22;2-1-3/h3-5,8-9,16,19-20,22-23,40H,6-7,10-15,17-18,21H2,1-2H3;1H,(H,2,3). The van der Waals surface area contributed by atoms with Gasteiger partial charge in [0.2, 0.25) is 11.9 Å². The van der Waals surface area contributed by atoms with Gasteiger partial charge in [-0.1, -0.05) is 11.6 Å². The summed E-state index contributed by atoms with van der Waals surface area (Å²) in [6.45, 7) is 6.48. The van der Waals surface area contributed by atoms with Crippen LogP contribution in [0, 0.1) is 11.8 Å². The van der Waals surface area contributed by atoms with Crippen LogP contribution < -0.4 is 15.7 Å². The van der Waals surface area contributed by atoms with Gasteiger partial charge in [-0.3, -0.25) is 14.4 Å². The van der Waals surface area contributed by atoms with Crippen molar-refractivity contribution in [3.8, 4) is 17.2 Å². The number of aromatic nitrogens is 6. The molecular formula is C36H41ClF3N11O5. The van der Waals surface area contributed by atoms with E-state index in [1.165, 1.54) is 48.3 Å². The van der Waals surface area contributed by atoms with E-state index in [4.69, 9.17) is 21.5 Å². The molecule has 16 nitrogen and oxygen atoms in total. The number of quaternary nitrogens is 1. The first-order valence-corrected chi connectivity index (χ1v) is 18.3. The summed E-state index contributed by atoms with van der Waals surface area (Å²) in [6.07, 6.45) is 1.98. The van der Waals surface area contributed by atoms with E-state index in [1.54, 1.807) is 4.90 Å². The molecule has 0 saturated carbocycles. The molecule has 2 N–H and O–H groups in total. The average molecular weight is 800 g/mol. The summed E-state index contributed by atoms with van der Waals surface area (Å²) < 4.78 is 45.1. The fourth-order valence-electron chi connectivity index (χ4n) is 7.39. The molecule has 4 aromatic rings. The van der Waals surface area contributed by atoms with Crippen LogP contribution in [0.2, 0.25) is 5.02 Å². The molecule has 56 heavy (non-hydrogen) atoms. The van der Waals surface area contributed by atoms with Crippen molar-refractivity contribution in [2.24, 2.45) is 18.9 Å². The van der Waals surface area contributed by atoms with Crippen LogP contribution in [0.3, 0.4) is 0 Å². The molecule has 0 unspecified atom stereocenters. The van der Waals surface area contributed by atoms with Gasteiger partial charge < -0.3 is 39.4 Å². The lowest BCUT2D eigenvalue weighted by molar-refractivity contribution is -0.918. The number of carboxylic acid groups (broad SMARTS) is 1. The van der Waals surface area contributed by atoms with E-state index in [0.717, 1.165) is 73.0 Å². The van der Waals surface area contributed by atoms with Crippen LogP contribution >= 0.6 is 11.6 Å². The molecule has 0 bridgehead atoms. The number of halogens is 4. The molecule has 298 valence electrons. The Hall–Kier alpha value is -5.40. The first-order chi connectivity index (χ1) is 26.7. The van der Waals surface area contributed by atoms with E-state index in [1.807, 2.05) is 4.90 Å². The summed E-state index contributed by atoms with van der Waals surface area (Å²) in [5, 5.41) is 18.0. The minimum atomic E-state index is -4.81. The highest BCUT2D eigenvalue weighted by Gasteiger charge is 2.40. The third-order valence-corrected chi connectivity index (χ3v) is 10.8. The Kier molecular flexibility index (Phi) is 12.1. The molecular weight excluding hydrogens is 759 g/mol. The van der Waals surface area contributed by atoms with Gasteiger partial charge in [0.25, 0.3) is 11.8 Å². The highest BCUT2D eigenvalue weighted by molar-refractivity contribution is 6.34. The number of rotatable bonds is 8. The Morgan fingerprint density at radius 3 is 2.29 bits per heavy atom. The van der Waals surface area contributed by atoms with Crippen molar-refractivity contribution in [3.05, 3.63) is 71.2 Å². The summed E-state index contributed by atoms with van der Waals surface area (Å²) >= 11 is 6.53. The van der Waals surface area contributed by atoms with Crippen LogP contribution in [0.15, 0.2) is 49.1 Å². The number of nitrogens with zero attached hydrogens (tertiary/aromatic N) is 9. The quantitative estimate of drug-likeness (QED) is 0.197. The van der Waals surface area contributed by atoms with Gasteiger partial charge >= 0.3 is 6.18 Å². The fraction of sp³-hybridized carbons (Fsp3) is 0.444. The third kappa shape index (κ3) is 8.84. The van der Waals surface area contributed by atoms with Crippen molar-refractivity contribution in [2.45, 2.75) is 19.0 Å². The number of amides is 3. The van der Waals surface area contributed by atoms with Gasteiger partial charge in [-0.25, -0.2) is 19.6 Å². The van der Waals surface area contributed by atoms with Crippen LogP contribution in [0.25, 0.3) is 17.2 Å². The second-order valence-electron chi connectivity index (χ2n) is 14.3. The average Bonchev–Trinajstić information content (AvgIpc) is 3.78. The number of piperidine rings is 1. The number of carbonyl (C=O) groups excluding carboxylic acids is 4. The van der Waals surface area contributed by atoms with Crippen molar-refractivity contribution >= 4 is 41.5 Å². The maximum Gasteiger partial charge on any atom is 0.435 e. The zero-order valence-electron chi connectivity index (χ0n) is 30.7. The van der Waals surface area contributed by atoms with Crippen molar-refractivity contribution in [1.29, 1.82) is 0 Å². The molecule has 1 aromatic carbocycles. The van der Waals surface area contributed by atoms with Crippen LogP contribution in [-0.2, 0) is 22.8 Å². The fourth-order valence-corrected chi connectivity index (χ4v) is 7.65. The Morgan fingerprint density at radius 1 is 1.05 bits per heavy atom. The number of benzene rings is 1. The minimum absolute atomic E-state index is 0.0106. The molecule has 3 fully saturated rings. The highest BCUT2D eigenvalue weighted by atomic mass is 35.5. The molecule has 3 amide bonds. The van der Waals surface area contributed by atoms with Gasteiger partial charge in [0.1, 0.15) is 0 Å². The number of hydrogen-bond acceptors (Lipinski definition) is 10. The topological polar surface area (TPSA) is 183 Å². The number of carbonyl (C=O) groups is 4. The van der Waals surface area contributed by atoms with Crippen LogP contribution in [0.5, 0.6) is 0 Å². The lowest BCUT2D eigenvalue weighted by atomic mass is 9.91. The molecule has 0 aliphatic carbocycles. The number of imidazole rings is 1. The van der Waals surface area contributed by atoms with Crippen LogP contribution in [-0.4, -0.2) is 134 Å². The van der Waals surface area contributed by atoms with Gasteiger partial charge in [0.15, 0.2) is 11.5 Å². The molecule has 3 aliphatic rings. The first kappa shape index (κ1) is 40.3. The van der Waals surface area contributed by atoms with Gasteiger partial charge in [-0.05, 0) is 24.3 Å². The predicted octanol–water partition coefficient (Wildman–Crippen LogP) is 1.71. The maximum absolute atomic E-state index is 14.0. The third-order valence-electron chi connectivity index (χ3n) is 10.5. The second kappa shape index (κ2) is 16.8. The Balaban J connectivity index is 0.00000172. The Morgan fingerprint density at radius 2 is 1.70 bits per heavy atom. The van der Waals surface area contributed by atoms with Crippen molar-refractivity contribution in [1.82, 2.24) is 44.4 Å². The lowest BCUT2D eigenvalue weighted by Crippen LogP contribution is -2.59. The monoisotopic (exact) mass is 799 g/mol. The Labute approximate surface area is 324 Å². The summed E-state index contributed by atoms with van der Waals surface area (Å²) in [4.78, 5) is 63.9. The van der Waals surface area contributed by atoms with E-state index in [9.17, 15) is 27.6 Å². The largest absolute Gasteiger partial charge is 0.554 e. The number of piperazine rings is 1. The number of likely N-dealkylation sites (tertiary alicyclic amines) is 1. The number of alkyl halides is 3. The highest BCUT2D eigenvalue weighted by Crippen LogP contribution is 2.37. The summed E-state index contributed by atoms with van der Waals surface area (Å²) in [6, 6.07) is 5.98. The summed E-state index contributed by atoms with van der Waals surface area (Å²) in [7, 11) is 3.71. The smallest absolute Gasteiger partial charge is 0.435 e. The maximum atomic E-state index is 14.0. The second-order valence-corrected chi connectivity index (χ2v) is 14.7. The predicted molar refractivity (Wildman–Crippen MR) is 194 cm³/mol. The van der Waals surface area contributed by atoms with E-state index < -0.39 is 24.2 Å². The number of nitrogens with one attached hydrogen (secondary N) is 2. The molecule has 0 radical (unpaired) electrons. The summed E-state index contributed by atoms with van der Waals surface area (Å²) in [5.41, 5.74) is -1.02. The molecule has 7 rings (SSSR count). The van der Waals surface area contributed by atoms with Crippen molar-refractivity contribution in [2.75, 3.05) is 71.3 Å². The lowest BCUT2D eigenvalue weighted by Gasteiger charge is -2.45. The number of anilines is 1. The molecule has 3 aliphatic heterocycles. The molecule has 3 saturated heterocycles. The van der Waals surface area contributed by atoms with E-state index >= 15 is 0 Å².